The summed E-state index contributed by atoms with van der Waals surface area (Å²) in [6.07, 6.45) is 3.52. The molecule has 0 saturated carbocycles. The Morgan fingerprint density at radius 2 is 1.62 bits per heavy atom. The van der Waals surface area contributed by atoms with E-state index < -0.39 is 0 Å². The summed E-state index contributed by atoms with van der Waals surface area (Å²) >= 11 is 0. The first kappa shape index (κ1) is 25.0. The number of ether oxygens (including phenoxy) is 1. The van der Waals surface area contributed by atoms with Crippen molar-refractivity contribution >= 4 is 17.0 Å². The number of rotatable bonds is 8. The maximum absolute atomic E-state index is 13.5. The third-order valence-corrected chi connectivity index (χ3v) is 7.40. The van der Waals surface area contributed by atoms with Crippen molar-refractivity contribution in [3.63, 3.8) is 0 Å². The van der Waals surface area contributed by atoms with Crippen molar-refractivity contribution in [2.45, 2.75) is 32.0 Å². The number of fused-ring (bicyclic) bond motifs is 1. The van der Waals surface area contributed by atoms with Gasteiger partial charge in [0.15, 0.2) is 0 Å². The Kier molecular flexibility index (Phi) is 7.19. The Labute approximate surface area is 227 Å². The largest absolute Gasteiger partial charge is 0.473 e. The van der Waals surface area contributed by atoms with Gasteiger partial charge in [0.2, 0.25) is 11.8 Å². The fraction of sp³-hybridized carbons (Fsp3) is 0.258. The van der Waals surface area contributed by atoms with E-state index in [1.165, 1.54) is 12.1 Å². The minimum Gasteiger partial charge on any atom is -0.473 e. The average molecular weight is 523 g/mol. The van der Waals surface area contributed by atoms with E-state index >= 15 is 0 Å². The number of piperidine rings is 1. The molecule has 5 aromatic rings. The van der Waals surface area contributed by atoms with Crippen molar-refractivity contribution in [2.24, 2.45) is 11.7 Å². The standard InChI is InChI=1S/C31H31FN6O/c32-25-12-10-22(11-13-25)20-38-27-9-5-4-8-26(27)35-31(38)37-18-15-24(16-19-37)29(33)30-34-17-14-28(36-30)39-21-23-6-2-1-3-7-23/h1-14,17,24,29H,15-16,18-21,33H2. The van der Waals surface area contributed by atoms with E-state index in [1.54, 1.807) is 12.3 Å². The van der Waals surface area contributed by atoms with E-state index in [4.69, 9.17) is 15.5 Å². The third kappa shape index (κ3) is 5.61. The van der Waals surface area contributed by atoms with Gasteiger partial charge in [0.25, 0.3) is 0 Å². The topological polar surface area (TPSA) is 82.1 Å². The van der Waals surface area contributed by atoms with Crippen molar-refractivity contribution < 1.29 is 9.13 Å². The molecule has 1 fully saturated rings. The van der Waals surface area contributed by atoms with Crippen LogP contribution in [0.15, 0.2) is 91.1 Å². The summed E-state index contributed by atoms with van der Waals surface area (Å²) in [6, 6.07) is 26.3. The first-order valence-corrected chi connectivity index (χ1v) is 13.3. The van der Waals surface area contributed by atoms with Crippen LogP contribution in [0.2, 0.25) is 0 Å². The molecule has 0 spiro atoms. The minimum absolute atomic E-state index is 0.231. The highest BCUT2D eigenvalue weighted by atomic mass is 19.1. The van der Waals surface area contributed by atoms with Crippen LogP contribution >= 0.6 is 0 Å². The molecule has 198 valence electrons. The molecular formula is C31H31FN6O. The number of para-hydroxylation sites is 2. The zero-order valence-electron chi connectivity index (χ0n) is 21.7. The maximum atomic E-state index is 13.5. The second kappa shape index (κ2) is 11.2. The highest BCUT2D eigenvalue weighted by Gasteiger charge is 2.29. The first-order valence-electron chi connectivity index (χ1n) is 13.3. The molecule has 8 heteroatoms. The average Bonchev–Trinajstić information content (AvgIpc) is 3.36. The normalized spacial score (nSPS) is 15.0. The van der Waals surface area contributed by atoms with Crippen LogP contribution in [-0.4, -0.2) is 32.6 Å². The van der Waals surface area contributed by atoms with Gasteiger partial charge in [-0.15, -0.1) is 0 Å². The summed E-state index contributed by atoms with van der Waals surface area (Å²) in [5, 5.41) is 0. The summed E-state index contributed by atoms with van der Waals surface area (Å²) in [5.74, 6) is 2.10. The quantitative estimate of drug-likeness (QED) is 0.289. The summed E-state index contributed by atoms with van der Waals surface area (Å²) in [7, 11) is 0. The van der Waals surface area contributed by atoms with Crippen molar-refractivity contribution in [2.75, 3.05) is 18.0 Å². The smallest absolute Gasteiger partial charge is 0.216 e. The van der Waals surface area contributed by atoms with Crippen molar-refractivity contribution in [3.8, 4) is 5.88 Å². The summed E-state index contributed by atoms with van der Waals surface area (Å²) in [4.78, 5) is 16.4. The molecule has 1 saturated heterocycles. The number of imidazole rings is 1. The van der Waals surface area contributed by atoms with Crippen LogP contribution in [0, 0.1) is 11.7 Å². The molecule has 1 aliphatic heterocycles. The molecule has 2 aromatic heterocycles. The van der Waals surface area contributed by atoms with Gasteiger partial charge in [-0.2, -0.15) is 4.98 Å². The Morgan fingerprint density at radius 3 is 2.41 bits per heavy atom. The molecule has 0 bridgehead atoms. The lowest BCUT2D eigenvalue weighted by Gasteiger charge is -2.35. The van der Waals surface area contributed by atoms with E-state index in [2.05, 4.69) is 25.5 Å². The molecule has 0 amide bonds. The number of hydrogen-bond acceptors (Lipinski definition) is 6. The number of anilines is 1. The van der Waals surface area contributed by atoms with Gasteiger partial charge in [-0.25, -0.2) is 14.4 Å². The van der Waals surface area contributed by atoms with Crippen molar-refractivity contribution in [3.05, 3.63) is 114 Å². The molecule has 3 aromatic carbocycles. The van der Waals surface area contributed by atoms with Gasteiger partial charge in [0.05, 0.1) is 23.6 Å². The molecule has 7 nitrogen and oxygen atoms in total. The lowest BCUT2D eigenvalue weighted by molar-refractivity contribution is 0.286. The van der Waals surface area contributed by atoms with E-state index in [0.29, 0.717) is 24.9 Å². The zero-order valence-corrected chi connectivity index (χ0v) is 21.7. The molecule has 1 atom stereocenters. The third-order valence-electron chi connectivity index (χ3n) is 7.40. The molecule has 6 rings (SSSR count). The number of benzene rings is 3. The van der Waals surface area contributed by atoms with Crippen LogP contribution in [0.25, 0.3) is 11.0 Å². The Balaban J connectivity index is 1.14. The maximum Gasteiger partial charge on any atom is 0.216 e. The van der Waals surface area contributed by atoms with Gasteiger partial charge in [-0.05, 0) is 54.2 Å². The second-order valence-electron chi connectivity index (χ2n) is 9.99. The van der Waals surface area contributed by atoms with Gasteiger partial charge < -0.3 is 19.9 Å². The summed E-state index contributed by atoms with van der Waals surface area (Å²) < 4.78 is 21.6. The molecule has 0 aliphatic carbocycles. The predicted molar refractivity (Wildman–Crippen MR) is 150 cm³/mol. The fourth-order valence-corrected chi connectivity index (χ4v) is 5.23. The predicted octanol–water partition coefficient (Wildman–Crippen LogP) is 5.51. The second-order valence-corrected chi connectivity index (χ2v) is 9.99. The van der Waals surface area contributed by atoms with Gasteiger partial charge in [0.1, 0.15) is 18.2 Å². The van der Waals surface area contributed by atoms with Crippen LogP contribution in [0.3, 0.4) is 0 Å². The fourth-order valence-electron chi connectivity index (χ4n) is 5.23. The summed E-state index contributed by atoms with van der Waals surface area (Å²) in [5.41, 5.74) is 10.8. The van der Waals surface area contributed by atoms with E-state index in [9.17, 15) is 4.39 Å². The molecule has 1 aliphatic rings. The Hall–Kier alpha value is -4.30. The molecule has 39 heavy (non-hydrogen) atoms. The number of nitrogens with two attached hydrogens (primary N) is 1. The number of hydrogen-bond donors (Lipinski definition) is 1. The molecular weight excluding hydrogens is 491 g/mol. The van der Waals surface area contributed by atoms with Crippen LogP contribution in [-0.2, 0) is 13.2 Å². The number of aromatic nitrogens is 4. The van der Waals surface area contributed by atoms with Gasteiger partial charge in [-0.1, -0.05) is 54.6 Å². The van der Waals surface area contributed by atoms with Gasteiger partial charge >= 0.3 is 0 Å². The minimum atomic E-state index is -0.273. The Bertz CT molecular complexity index is 1530. The van der Waals surface area contributed by atoms with Crippen molar-refractivity contribution in [1.29, 1.82) is 0 Å². The highest BCUT2D eigenvalue weighted by Crippen LogP contribution is 2.32. The van der Waals surface area contributed by atoms with E-state index in [0.717, 1.165) is 54.0 Å². The van der Waals surface area contributed by atoms with Gasteiger partial charge in [0, 0.05) is 25.4 Å². The van der Waals surface area contributed by atoms with Crippen LogP contribution in [0.4, 0.5) is 10.3 Å². The van der Waals surface area contributed by atoms with Crippen LogP contribution in [0.5, 0.6) is 5.88 Å². The SMILES string of the molecule is NC(c1nccc(OCc2ccccc2)n1)C1CCN(c2nc3ccccc3n2Cc2ccc(F)cc2)CC1. The molecule has 1 unspecified atom stereocenters. The van der Waals surface area contributed by atoms with E-state index in [-0.39, 0.29) is 17.8 Å². The first-order chi connectivity index (χ1) is 19.1. The molecule has 3 heterocycles. The summed E-state index contributed by atoms with van der Waals surface area (Å²) in [6.45, 7) is 2.73. The number of nitrogens with zero attached hydrogens (tertiary/aromatic N) is 5. The van der Waals surface area contributed by atoms with Gasteiger partial charge in [-0.3, -0.25) is 0 Å². The lowest BCUT2D eigenvalue weighted by atomic mass is 9.89. The zero-order chi connectivity index (χ0) is 26.6. The van der Waals surface area contributed by atoms with Crippen molar-refractivity contribution in [1.82, 2.24) is 19.5 Å². The molecule has 0 radical (unpaired) electrons. The monoisotopic (exact) mass is 522 g/mol. The Morgan fingerprint density at radius 1 is 0.872 bits per heavy atom. The molecule has 2 N–H and O–H groups in total. The lowest BCUT2D eigenvalue weighted by Crippen LogP contribution is -2.39. The van der Waals surface area contributed by atoms with E-state index in [1.807, 2.05) is 60.7 Å². The highest BCUT2D eigenvalue weighted by molar-refractivity contribution is 5.79. The van der Waals surface area contributed by atoms with Crippen LogP contribution < -0.4 is 15.4 Å². The van der Waals surface area contributed by atoms with Crippen LogP contribution in [0.1, 0.15) is 35.8 Å². The number of halogens is 1.